The van der Waals surface area contributed by atoms with E-state index in [1.54, 1.807) is 0 Å². The average Bonchev–Trinajstić information content (AvgIpc) is 2.41. The van der Waals surface area contributed by atoms with Crippen LogP contribution in [0.5, 0.6) is 0 Å². The third kappa shape index (κ3) is 6.52. The van der Waals surface area contributed by atoms with E-state index in [0.717, 1.165) is 17.7 Å². The van der Waals surface area contributed by atoms with Crippen LogP contribution in [0.1, 0.15) is 18.1 Å². The molecule has 0 amide bonds. The van der Waals surface area contributed by atoms with Crippen molar-refractivity contribution in [3.05, 3.63) is 47.5 Å². The fraction of sp³-hybridized carbons (Fsp3) is 0.267. The molecule has 0 radical (unpaired) electrons. The predicted molar refractivity (Wildman–Crippen MR) is 77.6 cm³/mol. The molecule has 3 nitrogen and oxygen atoms in total. The summed E-state index contributed by atoms with van der Waals surface area (Å²) < 4.78 is 37.1. The zero-order chi connectivity index (χ0) is 15.9. The first kappa shape index (κ1) is 16.6. The minimum Gasteiger partial charge on any atom is -0.370 e. The Hall–Kier alpha value is -2.42. The number of hydrogen-bond donors (Lipinski definition) is 2. The molecule has 0 spiro atoms. The quantitative estimate of drug-likeness (QED) is 0.390. The molecule has 0 aromatic heterocycles. The molecule has 1 rings (SSSR count). The molecule has 0 aliphatic carbocycles. The Morgan fingerprint density at radius 1 is 1.33 bits per heavy atom. The normalized spacial score (nSPS) is 11.5. The van der Waals surface area contributed by atoms with E-state index in [1.807, 2.05) is 6.92 Å². The lowest BCUT2D eigenvalue weighted by molar-refractivity contribution is -0.137. The van der Waals surface area contributed by atoms with Crippen molar-refractivity contribution < 1.29 is 13.2 Å². The molecule has 0 fully saturated rings. The minimum absolute atomic E-state index is 0.250. The van der Waals surface area contributed by atoms with Crippen molar-refractivity contribution in [1.82, 2.24) is 5.32 Å². The first-order valence-electron chi connectivity index (χ1n) is 6.13. The van der Waals surface area contributed by atoms with Crippen LogP contribution in [0.4, 0.5) is 13.2 Å². The summed E-state index contributed by atoms with van der Waals surface area (Å²) in [5.74, 6) is 5.74. The van der Waals surface area contributed by atoms with Gasteiger partial charge in [-0.05, 0) is 31.2 Å². The highest BCUT2D eigenvalue weighted by Gasteiger charge is 2.29. The number of nitrogens with zero attached hydrogens (tertiary/aromatic N) is 1. The van der Waals surface area contributed by atoms with Crippen LogP contribution in [0, 0.1) is 11.8 Å². The van der Waals surface area contributed by atoms with Gasteiger partial charge in [0, 0.05) is 5.56 Å². The SMILES string of the molecule is C=C(C)CN=C(N)NCC#Cc1ccc(C(F)(F)F)cc1. The minimum atomic E-state index is -4.33. The van der Waals surface area contributed by atoms with Gasteiger partial charge in [0.25, 0.3) is 0 Å². The van der Waals surface area contributed by atoms with Gasteiger partial charge in [-0.3, -0.25) is 0 Å². The second-order valence-electron chi connectivity index (χ2n) is 4.39. The van der Waals surface area contributed by atoms with E-state index in [9.17, 15) is 13.2 Å². The van der Waals surface area contributed by atoms with E-state index in [2.05, 4.69) is 28.7 Å². The maximum atomic E-state index is 12.4. The maximum absolute atomic E-state index is 12.4. The number of rotatable bonds is 3. The molecule has 0 saturated carbocycles. The van der Waals surface area contributed by atoms with Gasteiger partial charge in [0.1, 0.15) is 0 Å². The molecule has 21 heavy (non-hydrogen) atoms. The fourth-order valence-electron chi connectivity index (χ4n) is 1.30. The van der Waals surface area contributed by atoms with Crippen LogP contribution in [0.25, 0.3) is 0 Å². The summed E-state index contributed by atoms with van der Waals surface area (Å²) in [6.07, 6.45) is -4.33. The van der Waals surface area contributed by atoms with Crippen molar-refractivity contribution in [2.45, 2.75) is 13.1 Å². The van der Waals surface area contributed by atoms with Gasteiger partial charge in [-0.1, -0.05) is 24.0 Å². The summed E-state index contributed by atoms with van der Waals surface area (Å²) in [6, 6.07) is 4.66. The van der Waals surface area contributed by atoms with Crippen molar-refractivity contribution in [2.24, 2.45) is 10.7 Å². The van der Waals surface area contributed by atoms with Crippen molar-refractivity contribution in [2.75, 3.05) is 13.1 Å². The number of alkyl halides is 3. The van der Waals surface area contributed by atoms with Crippen LogP contribution in [-0.2, 0) is 6.18 Å². The molecule has 1 aromatic carbocycles. The monoisotopic (exact) mass is 295 g/mol. The lowest BCUT2D eigenvalue weighted by Gasteiger charge is -2.05. The lowest BCUT2D eigenvalue weighted by atomic mass is 10.1. The van der Waals surface area contributed by atoms with Crippen molar-refractivity contribution in [3.63, 3.8) is 0 Å². The van der Waals surface area contributed by atoms with Gasteiger partial charge in [-0.15, -0.1) is 0 Å². The highest BCUT2D eigenvalue weighted by Crippen LogP contribution is 2.28. The molecule has 112 valence electrons. The van der Waals surface area contributed by atoms with Gasteiger partial charge in [0.15, 0.2) is 5.96 Å². The van der Waals surface area contributed by atoms with E-state index in [1.165, 1.54) is 12.1 Å². The number of aliphatic imine (C=N–C) groups is 1. The summed E-state index contributed by atoms with van der Waals surface area (Å²) in [5.41, 5.74) is 6.27. The Balaban J connectivity index is 2.52. The maximum Gasteiger partial charge on any atom is 0.416 e. The van der Waals surface area contributed by atoms with Crippen LogP contribution >= 0.6 is 0 Å². The molecule has 0 unspecified atom stereocenters. The molecule has 3 N–H and O–H groups in total. The Kier molecular flexibility index (Phi) is 5.85. The topological polar surface area (TPSA) is 50.4 Å². The number of hydrogen-bond acceptors (Lipinski definition) is 1. The zero-order valence-electron chi connectivity index (χ0n) is 11.6. The zero-order valence-corrected chi connectivity index (χ0v) is 11.6. The Bertz CT molecular complexity index is 575. The first-order valence-corrected chi connectivity index (χ1v) is 6.13. The number of nitrogens with one attached hydrogen (secondary N) is 1. The summed E-state index contributed by atoms with van der Waals surface area (Å²) in [7, 11) is 0. The summed E-state index contributed by atoms with van der Waals surface area (Å²) in [6.45, 7) is 6.22. The summed E-state index contributed by atoms with van der Waals surface area (Å²) >= 11 is 0. The number of halogens is 3. The highest BCUT2D eigenvalue weighted by atomic mass is 19.4. The molecular formula is C15H16F3N3. The lowest BCUT2D eigenvalue weighted by Crippen LogP contribution is -2.32. The van der Waals surface area contributed by atoms with E-state index >= 15 is 0 Å². The summed E-state index contributed by atoms with van der Waals surface area (Å²) in [5, 5.41) is 2.78. The van der Waals surface area contributed by atoms with Gasteiger partial charge >= 0.3 is 6.18 Å². The van der Waals surface area contributed by atoms with Crippen LogP contribution in [0.2, 0.25) is 0 Å². The average molecular weight is 295 g/mol. The van der Waals surface area contributed by atoms with E-state index in [-0.39, 0.29) is 12.5 Å². The molecule has 0 heterocycles. The van der Waals surface area contributed by atoms with Crippen molar-refractivity contribution >= 4 is 5.96 Å². The van der Waals surface area contributed by atoms with E-state index < -0.39 is 11.7 Å². The van der Waals surface area contributed by atoms with Crippen LogP contribution < -0.4 is 11.1 Å². The Morgan fingerprint density at radius 3 is 2.48 bits per heavy atom. The van der Waals surface area contributed by atoms with Gasteiger partial charge in [-0.25, -0.2) is 4.99 Å². The van der Waals surface area contributed by atoms with Gasteiger partial charge in [-0.2, -0.15) is 13.2 Å². The molecule has 0 aliphatic rings. The molecular weight excluding hydrogens is 279 g/mol. The number of benzene rings is 1. The molecule has 0 saturated heterocycles. The second-order valence-corrected chi connectivity index (χ2v) is 4.39. The van der Waals surface area contributed by atoms with Crippen LogP contribution in [-0.4, -0.2) is 19.0 Å². The molecule has 0 atom stereocenters. The fourth-order valence-corrected chi connectivity index (χ4v) is 1.30. The standard InChI is InChI=1S/C15H16F3N3/c1-11(2)10-21-14(19)20-9-3-4-12-5-7-13(8-6-12)15(16,17)18/h5-8H,1,9-10H2,2H3,(H3,19,20,21). The third-order valence-corrected chi connectivity index (χ3v) is 2.32. The van der Waals surface area contributed by atoms with E-state index in [4.69, 9.17) is 5.73 Å². The van der Waals surface area contributed by atoms with Gasteiger partial charge < -0.3 is 11.1 Å². The molecule has 1 aromatic rings. The molecule has 0 aliphatic heterocycles. The van der Waals surface area contributed by atoms with Crippen molar-refractivity contribution in [3.8, 4) is 11.8 Å². The predicted octanol–water partition coefficient (Wildman–Crippen LogP) is 2.54. The Labute approximate surface area is 121 Å². The van der Waals surface area contributed by atoms with Crippen LogP contribution in [0.15, 0.2) is 41.4 Å². The smallest absolute Gasteiger partial charge is 0.370 e. The molecule has 6 heteroatoms. The van der Waals surface area contributed by atoms with Gasteiger partial charge in [0.2, 0.25) is 0 Å². The number of nitrogens with two attached hydrogens (primary N) is 1. The largest absolute Gasteiger partial charge is 0.416 e. The Morgan fingerprint density at radius 2 is 1.95 bits per heavy atom. The highest BCUT2D eigenvalue weighted by molar-refractivity contribution is 5.78. The molecule has 0 bridgehead atoms. The summed E-state index contributed by atoms with van der Waals surface area (Å²) in [4.78, 5) is 4.00. The first-order chi connectivity index (χ1) is 9.79. The van der Waals surface area contributed by atoms with Crippen molar-refractivity contribution in [1.29, 1.82) is 0 Å². The number of guanidine groups is 1. The van der Waals surface area contributed by atoms with Gasteiger partial charge in [0.05, 0.1) is 18.7 Å². The second kappa shape index (κ2) is 7.39. The third-order valence-electron chi connectivity index (χ3n) is 2.32. The van der Waals surface area contributed by atoms with Crippen LogP contribution in [0.3, 0.4) is 0 Å². The van der Waals surface area contributed by atoms with E-state index in [0.29, 0.717) is 12.1 Å².